The minimum absolute atomic E-state index is 0.439. The monoisotopic (exact) mass is 248 g/mol. The molecular formula is C14H20N2S. The van der Waals surface area contributed by atoms with Crippen molar-refractivity contribution < 1.29 is 0 Å². The minimum Gasteiger partial charge on any atom is -0.320 e. The Morgan fingerprint density at radius 3 is 2.94 bits per heavy atom. The third-order valence-corrected chi connectivity index (χ3v) is 4.18. The van der Waals surface area contributed by atoms with E-state index >= 15 is 0 Å². The summed E-state index contributed by atoms with van der Waals surface area (Å²) in [6.45, 7) is 2.72. The van der Waals surface area contributed by atoms with Gasteiger partial charge in [0, 0.05) is 18.0 Å². The summed E-state index contributed by atoms with van der Waals surface area (Å²) in [7, 11) is 2.21. The molecule has 0 bridgehead atoms. The van der Waals surface area contributed by atoms with Crippen molar-refractivity contribution >= 4 is 11.3 Å². The summed E-state index contributed by atoms with van der Waals surface area (Å²) >= 11 is 1.78. The Morgan fingerprint density at radius 1 is 1.47 bits per heavy atom. The van der Waals surface area contributed by atoms with Gasteiger partial charge in [0.25, 0.3) is 0 Å². The smallest absolute Gasteiger partial charge is 0.0772 e. The van der Waals surface area contributed by atoms with Crippen LogP contribution in [0.5, 0.6) is 0 Å². The summed E-state index contributed by atoms with van der Waals surface area (Å²) in [6, 6.07) is 4.28. The van der Waals surface area contributed by atoms with Gasteiger partial charge in [-0.2, -0.15) is 0 Å². The van der Waals surface area contributed by atoms with Crippen molar-refractivity contribution in [1.29, 1.82) is 0 Å². The van der Waals surface area contributed by atoms with Gasteiger partial charge in [-0.3, -0.25) is 0 Å². The van der Waals surface area contributed by atoms with Crippen LogP contribution in [0.15, 0.2) is 12.1 Å². The molecule has 1 saturated carbocycles. The molecule has 1 aliphatic carbocycles. The van der Waals surface area contributed by atoms with Gasteiger partial charge in [-0.05, 0) is 37.9 Å². The molecule has 0 spiro atoms. The zero-order valence-electron chi connectivity index (χ0n) is 10.4. The fourth-order valence-electron chi connectivity index (χ4n) is 2.11. The molecule has 0 aromatic carbocycles. The van der Waals surface area contributed by atoms with Crippen LogP contribution in [0.3, 0.4) is 0 Å². The first-order valence-corrected chi connectivity index (χ1v) is 7.06. The van der Waals surface area contributed by atoms with Crippen LogP contribution in [0.2, 0.25) is 0 Å². The van der Waals surface area contributed by atoms with Crippen molar-refractivity contribution in [2.75, 3.05) is 20.1 Å². The molecule has 2 nitrogen and oxygen atoms in total. The van der Waals surface area contributed by atoms with Gasteiger partial charge in [-0.1, -0.05) is 18.3 Å². The summed E-state index contributed by atoms with van der Waals surface area (Å²) in [5, 5.41) is 0. The van der Waals surface area contributed by atoms with Crippen molar-refractivity contribution in [2.24, 2.45) is 11.7 Å². The highest BCUT2D eigenvalue weighted by atomic mass is 32.1. The molecular weight excluding hydrogens is 228 g/mol. The number of nitrogens with two attached hydrogens (primary N) is 1. The lowest BCUT2D eigenvalue weighted by Crippen LogP contribution is -2.28. The summed E-state index contributed by atoms with van der Waals surface area (Å²) in [4.78, 5) is 4.95. The van der Waals surface area contributed by atoms with E-state index in [0.717, 1.165) is 17.3 Å². The van der Waals surface area contributed by atoms with Crippen molar-refractivity contribution in [2.45, 2.75) is 25.8 Å². The average molecular weight is 248 g/mol. The second kappa shape index (κ2) is 6.20. The first kappa shape index (κ1) is 12.6. The normalized spacial score (nSPS) is 15.5. The summed E-state index contributed by atoms with van der Waals surface area (Å²) in [6.07, 6.45) is 4.26. The average Bonchev–Trinajstić information content (AvgIpc) is 2.68. The van der Waals surface area contributed by atoms with E-state index in [1.54, 1.807) is 11.3 Å². The largest absolute Gasteiger partial charge is 0.320 e. The summed E-state index contributed by atoms with van der Waals surface area (Å²) in [5.41, 5.74) is 5.36. The minimum atomic E-state index is 0.439. The van der Waals surface area contributed by atoms with Gasteiger partial charge in [0.15, 0.2) is 0 Å². The van der Waals surface area contributed by atoms with E-state index in [1.807, 2.05) is 0 Å². The number of hydrogen-bond donors (Lipinski definition) is 1. The standard InChI is InChI=1S/C14H20N2S/c1-16(10-12-4-2-5-12)11-14-8-7-13(17-14)6-3-9-15/h7-8,12H,2,4-5,9-11,15H2,1H3. The fraction of sp³-hybridized carbons (Fsp3) is 0.571. The maximum atomic E-state index is 5.36. The Morgan fingerprint density at radius 2 is 2.29 bits per heavy atom. The Balaban J connectivity index is 1.82. The van der Waals surface area contributed by atoms with Crippen molar-refractivity contribution in [3.8, 4) is 11.8 Å². The molecule has 0 unspecified atom stereocenters. The van der Waals surface area contributed by atoms with E-state index in [1.165, 1.54) is 30.7 Å². The van der Waals surface area contributed by atoms with Gasteiger partial charge in [-0.25, -0.2) is 0 Å². The molecule has 1 fully saturated rings. The molecule has 92 valence electrons. The van der Waals surface area contributed by atoms with Crippen LogP contribution in [-0.4, -0.2) is 25.0 Å². The zero-order valence-corrected chi connectivity index (χ0v) is 11.2. The lowest BCUT2D eigenvalue weighted by molar-refractivity contribution is 0.201. The third kappa shape index (κ3) is 3.85. The highest BCUT2D eigenvalue weighted by Crippen LogP contribution is 2.27. The van der Waals surface area contributed by atoms with Crippen LogP contribution in [0.1, 0.15) is 29.0 Å². The van der Waals surface area contributed by atoms with Gasteiger partial charge in [0.1, 0.15) is 0 Å². The molecule has 3 heteroatoms. The van der Waals surface area contributed by atoms with E-state index in [2.05, 4.69) is 35.9 Å². The molecule has 1 heterocycles. The first-order valence-electron chi connectivity index (χ1n) is 6.24. The number of hydrogen-bond acceptors (Lipinski definition) is 3. The Hall–Kier alpha value is -0.820. The summed E-state index contributed by atoms with van der Waals surface area (Å²) in [5.74, 6) is 6.92. The van der Waals surface area contributed by atoms with E-state index in [0.29, 0.717) is 6.54 Å². The molecule has 0 saturated heterocycles. The topological polar surface area (TPSA) is 29.3 Å². The Bertz CT molecular complexity index is 409. The second-order valence-corrected chi connectivity index (χ2v) is 5.93. The molecule has 0 atom stereocenters. The van der Waals surface area contributed by atoms with Crippen molar-refractivity contribution in [3.05, 3.63) is 21.9 Å². The summed E-state index contributed by atoms with van der Waals surface area (Å²) < 4.78 is 0. The van der Waals surface area contributed by atoms with E-state index < -0.39 is 0 Å². The van der Waals surface area contributed by atoms with Crippen LogP contribution >= 0.6 is 11.3 Å². The lowest BCUT2D eigenvalue weighted by atomic mass is 9.85. The predicted octanol–water partition coefficient (Wildman–Crippen LogP) is 2.29. The maximum Gasteiger partial charge on any atom is 0.0772 e. The van der Waals surface area contributed by atoms with E-state index in [4.69, 9.17) is 5.73 Å². The van der Waals surface area contributed by atoms with Gasteiger partial charge >= 0.3 is 0 Å². The number of rotatable bonds is 4. The Kier molecular flexibility index (Phi) is 4.61. The van der Waals surface area contributed by atoms with Gasteiger partial charge in [-0.15, -0.1) is 11.3 Å². The van der Waals surface area contributed by atoms with Crippen molar-refractivity contribution in [1.82, 2.24) is 4.90 Å². The van der Waals surface area contributed by atoms with Gasteiger partial charge in [0.2, 0.25) is 0 Å². The molecule has 1 aliphatic rings. The van der Waals surface area contributed by atoms with Crippen LogP contribution in [0.4, 0.5) is 0 Å². The highest BCUT2D eigenvalue weighted by molar-refractivity contribution is 7.12. The fourth-order valence-corrected chi connectivity index (χ4v) is 3.08. The van der Waals surface area contributed by atoms with Gasteiger partial charge in [0.05, 0.1) is 11.4 Å². The molecule has 0 aliphatic heterocycles. The van der Waals surface area contributed by atoms with Crippen LogP contribution in [0.25, 0.3) is 0 Å². The maximum absolute atomic E-state index is 5.36. The molecule has 1 aromatic heterocycles. The van der Waals surface area contributed by atoms with Gasteiger partial charge < -0.3 is 10.6 Å². The lowest BCUT2D eigenvalue weighted by Gasteiger charge is -2.29. The van der Waals surface area contributed by atoms with Crippen LogP contribution in [0, 0.1) is 17.8 Å². The van der Waals surface area contributed by atoms with Crippen LogP contribution in [-0.2, 0) is 6.54 Å². The van der Waals surface area contributed by atoms with Crippen molar-refractivity contribution in [3.63, 3.8) is 0 Å². The van der Waals surface area contributed by atoms with Crippen LogP contribution < -0.4 is 5.73 Å². The molecule has 0 amide bonds. The second-order valence-electron chi connectivity index (χ2n) is 4.77. The quantitative estimate of drug-likeness (QED) is 0.828. The molecule has 0 radical (unpaired) electrons. The molecule has 2 rings (SSSR count). The molecule has 1 aromatic rings. The van der Waals surface area contributed by atoms with E-state index in [-0.39, 0.29) is 0 Å². The number of nitrogens with zero attached hydrogens (tertiary/aromatic N) is 1. The highest BCUT2D eigenvalue weighted by Gasteiger charge is 2.19. The number of thiophene rings is 1. The third-order valence-electron chi connectivity index (χ3n) is 3.20. The predicted molar refractivity (Wildman–Crippen MR) is 73.9 cm³/mol. The SMILES string of the molecule is CN(Cc1ccc(C#CCN)s1)CC1CCC1. The first-order chi connectivity index (χ1) is 8.28. The van der Waals surface area contributed by atoms with E-state index in [9.17, 15) is 0 Å². The Labute approximate surface area is 108 Å². The molecule has 17 heavy (non-hydrogen) atoms. The zero-order chi connectivity index (χ0) is 12.1. The molecule has 2 N–H and O–H groups in total.